The molecule has 0 saturated carbocycles. The number of fused-ring (bicyclic) bond motifs is 1. The normalized spacial score (nSPS) is 18.0. The van der Waals surface area contributed by atoms with Crippen LogP contribution in [0, 0.1) is 0 Å². The number of benzene rings is 1. The Kier molecular flexibility index (Phi) is 3.98. The van der Waals surface area contributed by atoms with Crippen molar-refractivity contribution in [1.29, 1.82) is 0 Å². The summed E-state index contributed by atoms with van der Waals surface area (Å²) in [4.78, 5) is 12.5. The minimum absolute atomic E-state index is 0.0572. The van der Waals surface area contributed by atoms with Gasteiger partial charge in [0.25, 0.3) is 5.91 Å². The lowest BCUT2D eigenvalue weighted by molar-refractivity contribution is 0.0949. The predicted molar refractivity (Wildman–Crippen MR) is 93.9 cm³/mol. The lowest BCUT2D eigenvalue weighted by atomic mass is 9.63. The molecule has 128 valence electrons. The average molecular weight is 326 g/mol. The summed E-state index contributed by atoms with van der Waals surface area (Å²) in [6.07, 6.45) is 3.98. The van der Waals surface area contributed by atoms with Gasteiger partial charge >= 0.3 is 0 Å². The molecule has 5 nitrogen and oxygen atoms in total. The molecule has 1 aliphatic rings. The molecule has 1 aromatic carbocycles. The van der Waals surface area contributed by atoms with Gasteiger partial charge in [-0.05, 0) is 46.9 Å². The second-order valence-corrected chi connectivity index (χ2v) is 8.06. The quantitative estimate of drug-likeness (QED) is 0.943. The maximum Gasteiger partial charge on any atom is 0.251 e. The Morgan fingerprint density at radius 3 is 2.46 bits per heavy atom. The maximum absolute atomic E-state index is 12.5. The van der Waals surface area contributed by atoms with Crippen LogP contribution in [0.4, 0.5) is 0 Å². The first-order chi connectivity index (χ1) is 11.2. The summed E-state index contributed by atoms with van der Waals surface area (Å²) in [5.74, 6) is -0.0572. The van der Waals surface area contributed by atoms with Gasteiger partial charge in [-0.1, -0.05) is 39.0 Å². The highest BCUT2D eigenvalue weighted by Crippen LogP contribution is 2.45. The second-order valence-electron chi connectivity index (χ2n) is 8.06. The fourth-order valence-electron chi connectivity index (χ4n) is 3.47. The van der Waals surface area contributed by atoms with E-state index in [1.807, 2.05) is 13.1 Å². The Morgan fingerprint density at radius 2 is 1.83 bits per heavy atom. The van der Waals surface area contributed by atoms with Gasteiger partial charge in [-0.15, -0.1) is 5.10 Å². The second kappa shape index (κ2) is 5.72. The van der Waals surface area contributed by atoms with Gasteiger partial charge in [0, 0.05) is 12.6 Å². The molecule has 0 aliphatic heterocycles. The third-order valence-electron chi connectivity index (χ3n) is 5.35. The first-order valence-electron chi connectivity index (χ1n) is 8.47. The molecule has 3 rings (SSSR count). The van der Waals surface area contributed by atoms with E-state index >= 15 is 0 Å². The first-order valence-corrected chi connectivity index (χ1v) is 8.47. The molecule has 0 saturated heterocycles. The van der Waals surface area contributed by atoms with Crippen molar-refractivity contribution in [1.82, 2.24) is 20.3 Å². The highest BCUT2D eigenvalue weighted by Gasteiger charge is 2.37. The van der Waals surface area contributed by atoms with Gasteiger partial charge in [0.05, 0.1) is 18.4 Å². The van der Waals surface area contributed by atoms with E-state index < -0.39 is 0 Å². The van der Waals surface area contributed by atoms with Gasteiger partial charge in [-0.25, -0.2) is 0 Å². The summed E-state index contributed by atoms with van der Waals surface area (Å²) in [5.41, 5.74) is 4.53. The van der Waals surface area contributed by atoms with Crippen LogP contribution < -0.4 is 5.32 Å². The topological polar surface area (TPSA) is 59.8 Å². The smallest absolute Gasteiger partial charge is 0.251 e. The van der Waals surface area contributed by atoms with Gasteiger partial charge < -0.3 is 5.32 Å². The van der Waals surface area contributed by atoms with E-state index in [1.54, 1.807) is 10.9 Å². The van der Waals surface area contributed by atoms with Crippen molar-refractivity contribution in [3.8, 4) is 0 Å². The molecular weight excluding hydrogens is 300 g/mol. The van der Waals surface area contributed by atoms with E-state index in [0.717, 1.165) is 17.7 Å². The molecule has 0 bridgehead atoms. The molecule has 24 heavy (non-hydrogen) atoms. The van der Waals surface area contributed by atoms with E-state index in [2.05, 4.69) is 55.5 Å². The number of aromatic nitrogens is 3. The minimum atomic E-state index is -0.0572. The summed E-state index contributed by atoms with van der Waals surface area (Å²) >= 11 is 0. The lowest BCUT2D eigenvalue weighted by Gasteiger charge is -2.42. The third kappa shape index (κ3) is 2.95. The molecule has 2 aromatic rings. The van der Waals surface area contributed by atoms with Gasteiger partial charge in [-0.2, -0.15) is 0 Å². The fraction of sp³-hybridized carbons (Fsp3) is 0.526. The van der Waals surface area contributed by atoms with E-state index in [4.69, 9.17) is 0 Å². The molecule has 0 spiro atoms. The zero-order valence-electron chi connectivity index (χ0n) is 15.2. The summed E-state index contributed by atoms with van der Waals surface area (Å²) < 4.78 is 1.67. The van der Waals surface area contributed by atoms with Crippen LogP contribution in [0.1, 0.15) is 67.7 Å². The summed E-state index contributed by atoms with van der Waals surface area (Å²) in [6, 6.07) is 6.16. The number of amides is 1. The van der Waals surface area contributed by atoms with Crippen molar-refractivity contribution in [2.75, 3.05) is 0 Å². The van der Waals surface area contributed by atoms with E-state index in [9.17, 15) is 4.79 Å². The van der Waals surface area contributed by atoms with Gasteiger partial charge in [-0.3, -0.25) is 9.48 Å². The number of hydrogen-bond donors (Lipinski definition) is 1. The molecule has 1 amide bonds. The van der Waals surface area contributed by atoms with Crippen molar-refractivity contribution >= 4 is 5.91 Å². The molecule has 0 atom stereocenters. The molecule has 1 aliphatic carbocycles. The first kappa shape index (κ1) is 16.7. The van der Waals surface area contributed by atoms with E-state index in [-0.39, 0.29) is 16.7 Å². The molecule has 1 heterocycles. The Balaban J connectivity index is 1.85. The van der Waals surface area contributed by atoms with Crippen molar-refractivity contribution in [2.45, 2.75) is 57.9 Å². The summed E-state index contributed by atoms with van der Waals surface area (Å²) in [6.45, 7) is 9.54. The zero-order chi connectivity index (χ0) is 17.5. The molecule has 1 N–H and O–H groups in total. The third-order valence-corrected chi connectivity index (χ3v) is 5.35. The molecule has 0 unspecified atom stereocenters. The van der Waals surface area contributed by atoms with Crippen LogP contribution in [0.2, 0.25) is 0 Å². The van der Waals surface area contributed by atoms with Crippen LogP contribution in [-0.2, 0) is 24.4 Å². The Hall–Kier alpha value is -2.17. The van der Waals surface area contributed by atoms with Crippen LogP contribution in [-0.4, -0.2) is 20.9 Å². The number of nitrogens with zero attached hydrogens (tertiary/aromatic N) is 3. The molecule has 1 aromatic heterocycles. The van der Waals surface area contributed by atoms with E-state index in [1.165, 1.54) is 17.5 Å². The van der Waals surface area contributed by atoms with Crippen molar-refractivity contribution in [3.63, 3.8) is 0 Å². The molecule has 0 fully saturated rings. The number of nitrogens with one attached hydrogen (secondary N) is 1. The fourth-order valence-corrected chi connectivity index (χ4v) is 3.47. The molecule has 5 heteroatoms. The van der Waals surface area contributed by atoms with Crippen LogP contribution >= 0.6 is 0 Å². The van der Waals surface area contributed by atoms with Crippen LogP contribution in [0.3, 0.4) is 0 Å². The van der Waals surface area contributed by atoms with E-state index in [0.29, 0.717) is 6.54 Å². The monoisotopic (exact) mass is 326 g/mol. The molecular formula is C19H26N4O. The largest absolute Gasteiger partial charge is 0.346 e. The van der Waals surface area contributed by atoms with Gasteiger partial charge in [0.2, 0.25) is 0 Å². The summed E-state index contributed by atoms with van der Waals surface area (Å²) in [7, 11) is 1.82. The maximum atomic E-state index is 12.5. The van der Waals surface area contributed by atoms with Crippen molar-refractivity contribution in [2.24, 2.45) is 7.05 Å². The molecule has 0 radical (unpaired) electrons. The van der Waals surface area contributed by atoms with Crippen LogP contribution in [0.15, 0.2) is 24.4 Å². The number of aryl methyl sites for hydroxylation is 1. The van der Waals surface area contributed by atoms with Crippen LogP contribution in [0.5, 0.6) is 0 Å². The lowest BCUT2D eigenvalue weighted by Crippen LogP contribution is -2.34. The SMILES string of the molecule is Cn1nncc1CNC(=O)c1ccc2c(c1)C(C)(C)CCC2(C)C. The minimum Gasteiger partial charge on any atom is -0.346 e. The van der Waals surface area contributed by atoms with Crippen molar-refractivity contribution in [3.05, 3.63) is 46.8 Å². The number of carbonyl (C=O) groups is 1. The number of hydrogen-bond acceptors (Lipinski definition) is 3. The summed E-state index contributed by atoms with van der Waals surface area (Å²) in [5, 5.41) is 10.7. The van der Waals surface area contributed by atoms with Crippen molar-refractivity contribution < 1.29 is 4.79 Å². The zero-order valence-corrected chi connectivity index (χ0v) is 15.2. The Bertz CT molecular complexity index is 773. The highest BCUT2D eigenvalue weighted by atomic mass is 16.1. The van der Waals surface area contributed by atoms with Crippen LogP contribution in [0.25, 0.3) is 0 Å². The predicted octanol–water partition coefficient (Wildman–Crippen LogP) is 3.09. The van der Waals surface area contributed by atoms with Gasteiger partial charge in [0.15, 0.2) is 0 Å². The van der Waals surface area contributed by atoms with Gasteiger partial charge in [0.1, 0.15) is 0 Å². The average Bonchev–Trinajstić information content (AvgIpc) is 2.94. The number of rotatable bonds is 3. The standard InChI is InChI=1S/C19H26N4O/c1-18(2)8-9-19(3,4)16-10-13(6-7-15(16)18)17(24)20-11-14-12-21-22-23(14)5/h6-7,10,12H,8-9,11H2,1-5H3,(H,20,24). The highest BCUT2D eigenvalue weighted by molar-refractivity contribution is 5.94. The number of carbonyl (C=O) groups excluding carboxylic acids is 1. The Labute approximate surface area is 143 Å². The Morgan fingerprint density at radius 1 is 1.17 bits per heavy atom.